The number of carbonyl (C=O) groups excluding carboxylic acids is 2. The van der Waals surface area contributed by atoms with Crippen LogP contribution in [0.1, 0.15) is 31.4 Å². The van der Waals surface area contributed by atoms with Gasteiger partial charge in [-0.2, -0.15) is 0 Å². The summed E-state index contributed by atoms with van der Waals surface area (Å²) in [6, 6.07) is 14.3. The summed E-state index contributed by atoms with van der Waals surface area (Å²) in [6.07, 6.45) is 0.686. The van der Waals surface area contributed by atoms with Gasteiger partial charge in [-0.1, -0.05) is 66.5 Å². The molecule has 144 valence electrons. The van der Waals surface area contributed by atoms with Crippen molar-refractivity contribution in [2.24, 2.45) is 0 Å². The summed E-state index contributed by atoms with van der Waals surface area (Å²) in [5, 5.41) is 3.68. The van der Waals surface area contributed by atoms with Crippen LogP contribution in [0.2, 0.25) is 10.0 Å². The standard InChI is InChI=1S/C21H24Cl2N2O2/c1-3-19(21(27)24-4-2)25(14-15-8-6-5-7-9-15)20(26)13-16-10-11-17(22)18(23)12-16/h5-12,19H,3-4,13-14H2,1-2H3,(H,24,27). The Labute approximate surface area is 170 Å². The van der Waals surface area contributed by atoms with Crippen LogP contribution in [0.5, 0.6) is 0 Å². The number of carbonyl (C=O) groups is 2. The number of halogens is 2. The second kappa shape index (κ2) is 10.3. The number of amides is 2. The number of nitrogens with one attached hydrogen (secondary N) is 1. The fourth-order valence-electron chi connectivity index (χ4n) is 2.92. The van der Waals surface area contributed by atoms with Crippen molar-refractivity contribution in [1.29, 1.82) is 0 Å². The van der Waals surface area contributed by atoms with Crippen LogP contribution in [0.15, 0.2) is 48.5 Å². The third-order valence-electron chi connectivity index (χ3n) is 4.27. The van der Waals surface area contributed by atoms with Gasteiger partial charge >= 0.3 is 0 Å². The minimum atomic E-state index is -0.527. The Morgan fingerprint density at radius 1 is 1.00 bits per heavy atom. The summed E-state index contributed by atoms with van der Waals surface area (Å²) < 4.78 is 0. The van der Waals surface area contributed by atoms with Crippen LogP contribution in [-0.4, -0.2) is 29.3 Å². The molecule has 0 spiro atoms. The van der Waals surface area contributed by atoms with E-state index in [0.29, 0.717) is 29.6 Å². The van der Waals surface area contributed by atoms with Crippen molar-refractivity contribution in [3.63, 3.8) is 0 Å². The van der Waals surface area contributed by atoms with E-state index in [1.54, 1.807) is 23.1 Å². The minimum Gasteiger partial charge on any atom is -0.355 e. The third kappa shape index (κ3) is 5.98. The molecular formula is C21H24Cl2N2O2. The van der Waals surface area contributed by atoms with E-state index in [-0.39, 0.29) is 18.2 Å². The number of nitrogens with zero attached hydrogens (tertiary/aromatic N) is 1. The van der Waals surface area contributed by atoms with Crippen molar-refractivity contribution in [3.8, 4) is 0 Å². The number of rotatable bonds is 8. The molecule has 0 aliphatic rings. The van der Waals surface area contributed by atoms with Gasteiger partial charge in [0.1, 0.15) is 6.04 Å². The largest absolute Gasteiger partial charge is 0.355 e. The highest BCUT2D eigenvalue weighted by Crippen LogP contribution is 2.23. The zero-order chi connectivity index (χ0) is 19.8. The number of hydrogen-bond acceptors (Lipinski definition) is 2. The molecule has 0 radical (unpaired) electrons. The van der Waals surface area contributed by atoms with E-state index in [1.807, 2.05) is 44.2 Å². The summed E-state index contributed by atoms with van der Waals surface area (Å²) in [6.45, 7) is 4.67. The van der Waals surface area contributed by atoms with E-state index < -0.39 is 6.04 Å². The molecule has 0 saturated heterocycles. The summed E-state index contributed by atoms with van der Waals surface area (Å²) in [7, 11) is 0. The predicted molar refractivity (Wildman–Crippen MR) is 110 cm³/mol. The van der Waals surface area contributed by atoms with Gasteiger partial charge in [0.05, 0.1) is 16.5 Å². The molecule has 27 heavy (non-hydrogen) atoms. The Morgan fingerprint density at radius 3 is 2.30 bits per heavy atom. The summed E-state index contributed by atoms with van der Waals surface area (Å²) in [5.41, 5.74) is 1.74. The van der Waals surface area contributed by atoms with Gasteiger partial charge in [-0.25, -0.2) is 0 Å². The lowest BCUT2D eigenvalue weighted by Crippen LogP contribution is -2.49. The zero-order valence-corrected chi connectivity index (χ0v) is 17.1. The van der Waals surface area contributed by atoms with Gasteiger partial charge in [0.15, 0.2) is 0 Å². The molecule has 1 N–H and O–H groups in total. The normalized spacial score (nSPS) is 11.7. The second-order valence-electron chi connectivity index (χ2n) is 6.25. The molecule has 2 aromatic carbocycles. The Morgan fingerprint density at radius 2 is 1.70 bits per heavy atom. The molecule has 0 heterocycles. The van der Waals surface area contributed by atoms with Gasteiger partial charge < -0.3 is 10.2 Å². The molecule has 4 nitrogen and oxygen atoms in total. The quantitative estimate of drug-likeness (QED) is 0.702. The smallest absolute Gasteiger partial charge is 0.242 e. The first-order chi connectivity index (χ1) is 13.0. The van der Waals surface area contributed by atoms with E-state index in [9.17, 15) is 9.59 Å². The van der Waals surface area contributed by atoms with Gasteiger partial charge in [-0.15, -0.1) is 0 Å². The van der Waals surface area contributed by atoms with E-state index in [2.05, 4.69) is 5.32 Å². The Hall–Kier alpha value is -2.04. The highest BCUT2D eigenvalue weighted by atomic mass is 35.5. The first-order valence-electron chi connectivity index (χ1n) is 9.01. The molecule has 6 heteroatoms. The lowest BCUT2D eigenvalue weighted by molar-refractivity contribution is -0.140. The maximum Gasteiger partial charge on any atom is 0.242 e. The Balaban J connectivity index is 2.27. The lowest BCUT2D eigenvalue weighted by Gasteiger charge is -2.30. The average Bonchev–Trinajstić information content (AvgIpc) is 2.65. The van der Waals surface area contributed by atoms with Gasteiger partial charge in [0.2, 0.25) is 11.8 Å². The maximum atomic E-state index is 13.1. The molecule has 0 aliphatic heterocycles. The van der Waals surface area contributed by atoms with E-state index in [1.165, 1.54) is 0 Å². The summed E-state index contributed by atoms with van der Waals surface area (Å²) >= 11 is 12.0. The van der Waals surface area contributed by atoms with Crippen molar-refractivity contribution >= 4 is 35.0 Å². The summed E-state index contributed by atoms with van der Waals surface area (Å²) in [5.74, 6) is -0.270. The lowest BCUT2D eigenvalue weighted by atomic mass is 10.1. The molecular weight excluding hydrogens is 383 g/mol. The van der Waals surface area contributed by atoms with E-state index in [4.69, 9.17) is 23.2 Å². The van der Waals surface area contributed by atoms with Crippen molar-refractivity contribution in [2.45, 2.75) is 39.3 Å². The molecule has 1 unspecified atom stereocenters. The highest BCUT2D eigenvalue weighted by Gasteiger charge is 2.28. The topological polar surface area (TPSA) is 49.4 Å². The number of benzene rings is 2. The third-order valence-corrected chi connectivity index (χ3v) is 5.01. The predicted octanol–water partition coefficient (Wildman–Crippen LogP) is 4.48. The van der Waals surface area contributed by atoms with Crippen molar-refractivity contribution in [2.75, 3.05) is 6.54 Å². The summed E-state index contributed by atoms with van der Waals surface area (Å²) in [4.78, 5) is 27.3. The van der Waals surface area contributed by atoms with Gasteiger partial charge in [-0.3, -0.25) is 9.59 Å². The first kappa shape index (κ1) is 21.3. The monoisotopic (exact) mass is 406 g/mol. The van der Waals surface area contributed by atoms with Gasteiger partial charge in [0.25, 0.3) is 0 Å². The molecule has 0 saturated carbocycles. The molecule has 2 amide bonds. The molecule has 1 atom stereocenters. The zero-order valence-electron chi connectivity index (χ0n) is 15.5. The first-order valence-corrected chi connectivity index (χ1v) is 9.76. The molecule has 0 aliphatic carbocycles. The SMILES string of the molecule is CCNC(=O)C(CC)N(Cc1ccccc1)C(=O)Cc1ccc(Cl)c(Cl)c1. The highest BCUT2D eigenvalue weighted by molar-refractivity contribution is 6.42. The average molecular weight is 407 g/mol. The van der Waals surface area contributed by atoms with E-state index in [0.717, 1.165) is 11.1 Å². The molecule has 0 aromatic heterocycles. The fraction of sp³-hybridized carbons (Fsp3) is 0.333. The number of likely N-dealkylation sites (N-methyl/N-ethyl adjacent to an activating group) is 1. The van der Waals surface area contributed by atoms with Crippen LogP contribution in [-0.2, 0) is 22.6 Å². The van der Waals surface area contributed by atoms with E-state index >= 15 is 0 Å². The second-order valence-corrected chi connectivity index (χ2v) is 7.07. The van der Waals surface area contributed by atoms with Crippen LogP contribution in [0.4, 0.5) is 0 Å². The van der Waals surface area contributed by atoms with Crippen molar-refractivity contribution < 1.29 is 9.59 Å². The van der Waals surface area contributed by atoms with Gasteiger partial charge in [-0.05, 0) is 36.6 Å². The molecule has 0 fully saturated rings. The Kier molecular flexibility index (Phi) is 8.14. The van der Waals surface area contributed by atoms with Crippen LogP contribution < -0.4 is 5.32 Å². The molecule has 0 bridgehead atoms. The van der Waals surface area contributed by atoms with Crippen molar-refractivity contribution in [1.82, 2.24) is 10.2 Å². The minimum absolute atomic E-state index is 0.129. The van der Waals surface area contributed by atoms with Gasteiger partial charge in [0, 0.05) is 13.1 Å². The fourth-order valence-corrected chi connectivity index (χ4v) is 3.24. The van der Waals surface area contributed by atoms with Crippen LogP contribution in [0.25, 0.3) is 0 Å². The number of hydrogen-bond donors (Lipinski definition) is 1. The Bertz CT molecular complexity index is 781. The van der Waals surface area contributed by atoms with Crippen LogP contribution >= 0.6 is 23.2 Å². The van der Waals surface area contributed by atoms with Crippen LogP contribution in [0, 0.1) is 0 Å². The molecule has 2 rings (SSSR count). The molecule has 2 aromatic rings. The van der Waals surface area contributed by atoms with Crippen LogP contribution in [0.3, 0.4) is 0 Å². The maximum absolute atomic E-state index is 13.1. The van der Waals surface area contributed by atoms with Crippen molar-refractivity contribution in [3.05, 3.63) is 69.7 Å².